The van der Waals surface area contributed by atoms with Crippen LogP contribution in [0, 0.1) is 29.4 Å². The van der Waals surface area contributed by atoms with Crippen LogP contribution in [0.5, 0.6) is 0 Å². The highest BCUT2D eigenvalue weighted by molar-refractivity contribution is 5.71. The average molecular weight is 395 g/mol. The van der Waals surface area contributed by atoms with E-state index in [1.165, 1.54) is 42.7 Å². The fraction of sp³-hybridized carbons (Fsp3) is 0.0952. The van der Waals surface area contributed by atoms with Gasteiger partial charge in [-0.2, -0.15) is 4.39 Å². The van der Waals surface area contributed by atoms with Gasteiger partial charge in [-0.1, -0.05) is 24.0 Å². The molecule has 0 bridgehead atoms. The lowest BCUT2D eigenvalue weighted by molar-refractivity contribution is 0.131. The van der Waals surface area contributed by atoms with Gasteiger partial charge in [0.15, 0.2) is 6.10 Å². The van der Waals surface area contributed by atoms with Crippen LogP contribution < -0.4 is 5.32 Å². The Morgan fingerprint density at radius 1 is 0.966 bits per heavy atom. The van der Waals surface area contributed by atoms with Crippen LogP contribution in [0.4, 0.5) is 18.0 Å². The van der Waals surface area contributed by atoms with E-state index in [1.54, 1.807) is 6.07 Å². The number of pyridine rings is 2. The van der Waals surface area contributed by atoms with E-state index in [9.17, 15) is 18.0 Å². The maximum absolute atomic E-state index is 14.4. The Balaban J connectivity index is 1.69. The molecule has 1 saturated heterocycles. The number of hydrogen-bond donors (Lipinski definition) is 1. The minimum absolute atomic E-state index is 0.0364. The van der Waals surface area contributed by atoms with Crippen LogP contribution in [0.3, 0.4) is 0 Å². The molecule has 8 heteroatoms. The number of benzene rings is 1. The summed E-state index contributed by atoms with van der Waals surface area (Å²) in [5, 5.41) is 2.52. The van der Waals surface area contributed by atoms with Crippen molar-refractivity contribution in [2.24, 2.45) is 0 Å². The molecule has 0 spiro atoms. The molecule has 3 aromatic rings. The van der Waals surface area contributed by atoms with Gasteiger partial charge in [0.05, 0.1) is 6.20 Å². The van der Waals surface area contributed by atoms with Gasteiger partial charge >= 0.3 is 6.09 Å². The number of hydrogen-bond acceptors (Lipinski definition) is 4. The van der Waals surface area contributed by atoms with E-state index in [-0.39, 0.29) is 5.56 Å². The number of carbonyl (C=O) groups excluding carboxylic acids is 1. The Hall–Kier alpha value is -3.86. The third-order valence-electron chi connectivity index (χ3n) is 4.24. The van der Waals surface area contributed by atoms with Crippen molar-refractivity contribution in [3.8, 4) is 11.8 Å². The molecule has 144 valence electrons. The molecule has 0 unspecified atom stereocenters. The topological polar surface area (TPSA) is 64.1 Å². The van der Waals surface area contributed by atoms with Crippen LogP contribution in [0.2, 0.25) is 0 Å². The minimum Gasteiger partial charge on any atom is -0.439 e. The summed E-state index contributed by atoms with van der Waals surface area (Å²) in [7, 11) is 0. The summed E-state index contributed by atoms with van der Waals surface area (Å²) in [6, 6.07) is 7.21. The highest BCUT2D eigenvalue weighted by atomic mass is 19.1. The number of cyclic esters (lactones) is 1. The summed E-state index contributed by atoms with van der Waals surface area (Å²) >= 11 is 0. The fourth-order valence-corrected chi connectivity index (χ4v) is 2.98. The van der Waals surface area contributed by atoms with E-state index in [0.29, 0.717) is 16.7 Å². The normalized spacial score (nSPS) is 17.8. The molecular formula is C21H12F3N3O2. The highest BCUT2D eigenvalue weighted by Crippen LogP contribution is 2.37. The van der Waals surface area contributed by atoms with E-state index in [1.807, 2.05) is 0 Å². The van der Waals surface area contributed by atoms with Crippen molar-refractivity contribution in [2.45, 2.75) is 12.1 Å². The molecule has 0 saturated carbocycles. The summed E-state index contributed by atoms with van der Waals surface area (Å²) in [6.45, 7) is 0. The van der Waals surface area contributed by atoms with E-state index < -0.39 is 35.8 Å². The molecular weight excluding hydrogens is 383 g/mol. The smallest absolute Gasteiger partial charge is 0.408 e. The van der Waals surface area contributed by atoms with Gasteiger partial charge in [-0.15, -0.1) is 0 Å². The van der Waals surface area contributed by atoms with Crippen LogP contribution in [0.15, 0.2) is 55.0 Å². The summed E-state index contributed by atoms with van der Waals surface area (Å²) < 4.78 is 46.4. The number of alkyl carbamates (subject to hydrolysis) is 1. The number of amides is 1. The fourth-order valence-electron chi connectivity index (χ4n) is 2.98. The Bertz CT molecular complexity index is 1160. The largest absolute Gasteiger partial charge is 0.439 e. The Morgan fingerprint density at radius 2 is 1.76 bits per heavy atom. The summed E-state index contributed by atoms with van der Waals surface area (Å²) in [6.07, 6.45) is 1.96. The lowest BCUT2D eigenvalue weighted by Crippen LogP contribution is -2.21. The predicted octanol–water partition coefficient (Wildman–Crippen LogP) is 3.82. The molecule has 1 fully saturated rings. The maximum atomic E-state index is 14.4. The van der Waals surface area contributed by atoms with Crippen molar-refractivity contribution in [3.05, 3.63) is 94.8 Å². The first kappa shape index (κ1) is 18.5. The third kappa shape index (κ3) is 4.04. The number of nitrogens with one attached hydrogen (secondary N) is 1. The van der Waals surface area contributed by atoms with E-state index in [2.05, 4.69) is 27.1 Å². The van der Waals surface area contributed by atoms with Crippen LogP contribution in [-0.4, -0.2) is 16.1 Å². The van der Waals surface area contributed by atoms with Gasteiger partial charge in [-0.25, -0.2) is 18.6 Å². The van der Waals surface area contributed by atoms with Gasteiger partial charge < -0.3 is 10.1 Å². The van der Waals surface area contributed by atoms with Gasteiger partial charge in [-0.05, 0) is 29.8 Å². The van der Waals surface area contributed by atoms with Crippen molar-refractivity contribution < 1.29 is 22.7 Å². The first-order chi connectivity index (χ1) is 14.0. The zero-order chi connectivity index (χ0) is 20.4. The number of aromatic nitrogens is 2. The second-order valence-electron chi connectivity index (χ2n) is 6.25. The molecule has 2 aromatic heterocycles. The summed E-state index contributed by atoms with van der Waals surface area (Å²) in [5.41, 5.74) is 1.08. The van der Waals surface area contributed by atoms with Crippen LogP contribution in [-0.2, 0) is 4.74 Å². The van der Waals surface area contributed by atoms with Gasteiger partial charge in [-0.3, -0.25) is 4.98 Å². The van der Waals surface area contributed by atoms with Crippen molar-refractivity contribution in [1.82, 2.24) is 15.3 Å². The Labute approximate surface area is 163 Å². The van der Waals surface area contributed by atoms with Crippen LogP contribution in [0.1, 0.15) is 34.4 Å². The SMILES string of the molecule is O=C1N[C@H](c2cc(C#Cc3cncc(F)c3)cnc2F)[C@@H](c2cccc(F)c2)O1. The number of carbonyl (C=O) groups is 1. The van der Waals surface area contributed by atoms with Crippen LogP contribution in [0.25, 0.3) is 0 Å². The zero-order valence-electron chi connectivity index (χ0n) is 14.7. The van der Waals surface area contributed by atoms with E-state index in [4.69, 9.17) is 4.74 Å². The monoisotopic (exact) mass is 395 g/mol. The van der Waals surface area contributed by atoms with E-state index in [0.717, 1.165) is 6.20 Å². The zero-order valence-corrected chi connectivity index (χ0v) is 14.7. The van der Waals surface area contributed by atoms with Gasteiger partial charge in [0.2, 0.25) is 5.95 Å². The van der Waals surface area contributed by atoms with E-state index >= 15 is 0 Å². The predicted molar refractivity (Wildman–Crippen MR) is 95.9 cm³/mol. The maximum Gasteiger partial charge on any atom is 0.408 e. The molecule has 29 heavy (non-hydrogen) atoms. The lowest BCUT2D eigenvalue weighted by atomic mass is 9.96. The van der Waals surface area contributed by atoms with Gasteiger partial charge in [0, 0.05) is 29.1 Å². The number of halogens is 3. The first-order valence-corrected chi connectivity index (χ1v) is 8.50. The Kier molecular flexibility index (Phi) is 4.87. The quantitative estimate of drug-likeness (QED) is 0.529. The molecule has 2 atom stereocenters. The molecule has 0 aliphatic carbocycles. The van der Waals surface area contributed by atoms with Crippen molar-refractivity contribution in [3.63, 3.8) is 0 Å². The molecule has 1 N–H and O–H groups in total. The molecule has 5 nitrogen and oxygen atoms in total. The second-order valence-corrected chi connectivity index (χ2v) is 6.25. The highest BCUT2D eigenvalue weighted by Gasteiger charge is 2.38. The number of ether oxygens (including phenoxy) is 1. The molecule has 1 amide bonds. The molecule has 0 radical (unpaired) electrons. The lowest BCUT2D eigenvalue weighted by Gasteiger charge is -2.18. The van der Waals surface area contributed by atoms with Crippen LogP contribution >= 0.6 is 0 Å². The van der Waals surface area contributed by atoms with Crippen molar-refractivity contribution in [1.29, 1.82) is 0 Å². The molecule has 1 aromatic carbocycles. The average Bonchev–Trinajstić information content (AvgIpc) is 3.09. The third-order valence-corrected chi connectivity index (χ3v) is 4.24. The molecule has 1 aliphatic rings. The number of rotatable bonds is 2. The Morgan fingerprint density at radius 3 is 2.52 bits per heavy atom. The molecule has 3 heterocycles. The van der Waals surface area contributed by atoms with Gasteiger partial charge in [0.25, 0.3) is 0 Å². The summed E-state index contributed by atoms with van der Waals surface area (Å²) in [5.74, 6) is 3.61. The second kappa shape index (κ2) is 7.64. The summed E-state index contributed by atoms with van der Waals surface area (Å²) in [4.78, 5) is 19.2. The minimum atomic E-state index is -0.940. The van der Waals surface area contributed by atoms with Crippen molar-refractivity contribution >= 4 is 6.09 Å². The first-order valence-electron chi connectivity index (χ1n) is 8.50. The van der Waals surface area contributed by atoms with Gasteiger partial charge in [0.1, 0.15) is 17.7 Å². The molecule has 4 rings (SSSR count). The number of nitrogens with zero attached hydrogens (tertiary/aromatic N) is 2. The molecule has 1 aliphatic heterocycles. The van der Waals surface area contributed by atoms with Crippen molar-refractivity contribution in [2.75, 3.05) is 0 Å². The standard InChI is InChI=1S/C21H12F3N3O2/c22-15-3-1-2-14(8-15)19-18(27-21(28)29-19)17-7-13(10-26-20(17)24)5-4-12-6-16(23)11-25-9-12/h1-3,6-11,18-19H,(H,27,28)/t18-,19-/m1/s1.